The quantitative estimate of drug-likeness (QED) is 0.208. The molecule has 2 rings (SSSR count). The average molecular weight is 536 g/mol. The summed E-state index contributed by atoms with van der Waals surface area (Å²) in [5.41, 5.74) is 0.572. The van der Waals surface area contributed by atoms with Crippen molar-refractivity contribution < 1.29 is 36.4 Å². The highest BCUT2D eigenvalue weighted by atomic mass is 32.2. The van der Waals surface area contributed by atoms with E-state index in [0.717, 1.165) is 11.1 Å². The van der Waals surface area contributed by atoms with Gasteiger partial charge in [0.15, 0.2) is 6.10 Å². The summed E-state index contributed by atoms with van der Waals surface area (Å²) in [6, 6.07) is 16.5. The molecule has 0 aliphatic rings. The maximum absolute atomic E-state index is 13.3. The molecule has 0 unspecified atom stereocenters. The van der Waals surface area contributed by atoms with Gasteiger partial charge in [0.25, 0.3) is 10.1 Å². The van der Waals surface area contributed by atoms with Crippen molar-refractivity contribution in [3.05, 3.63) is 65.7 Å². The van der Waals surface area contributed by atoms with Crippen molar-refractivity contribution in [2.45, 2.75) is 52.9 Å². The van der Waals surface area contributed by atoms with E-state index >= 15 is 0 Å². The lowest BCUT2D eigenvalue weighted by atomic mass is 9.87. The summed E-state index contributed by atoms with van der Waals surface area (Å²) in [7, 11) is -2.31. The smallest absolute Gasteiger partial charge is 0.336 e. The largest absolute Gasteiger partial charge is 0.497 e. The zero-order valence-corrected chi connectivity index (χ0v) is 22.9. The Hall–Kier alpha value is -2.95. The molecule has 10 heteroatoms. The zero-order chi connectivity index (χ0) is 27.5. The third-order valence-electron chi connectivity index (χ3n) is 5.62. The van der Waals surface area contributed by atoms with E-state index in [2.05, 4.69) is 5.32 Å². The lowest BCUT2D eigenvalue weighted by Gasteiger charge is -2.33. The summed E-state index contributed by atoms with van der Waals surface area (Å²) >= 11 is 0. The molecule has 0 aliphatic heterocycles. The third-order valence-corrected chi connectivity index (χ3v) is 6.88. The normalized spacial score (nSPS) is 13.4. The van der Waals surface area contributed by atoms with Crippen molar-refractivity contribution in [2.75, 3.05) is 26.0 Å². The van der Waals surface area contributed by atoms with Gasteiger partial charge in [-0.05, 0) is 36.6 Å². The Morgan fingerprint density at radius 3 is 2.27 bits per heavy atom. The van der Waals surface area contributed by atoms with Crippen LogP contribution >= 0.6 is 0 Å². The van der Waals surface area contributed by atoms with Crippen molar-refractivity contribution in [1.82, 2.24) is 5.32 Å². The SMILES string of the molecule is COc1ccc(CO[C@@H](C(=O)O[C@H](C)c2ccccc2)C(C)(C)COS(=O)(=O)CCCNC(C)=O)cc1. The van der Waals surface area contributed by atoms with Gasteiger partial charge < -0.3 is 19.5 Å². The van der Waals surface area contributed by atoms with E-state index in [0.29, 0.717) is 5.75 Å². The molecule has 204 valence electrons. The van der Waals surface area contributed by atoms with Crippen molar-refractivity contribution >= 4 is 22.0 Å². The van der Waals surface area contributed by atoms with Gasteiger partial charge in [-0.25, -0.2) is 4.79 Å². The molecular weight excluding hydrogens is 498 g/mol. The van der Waals surface area contributed by atoms with Gasteiger partial charge in [-0.2, -0.15) is 8.42 Å². The van der Waals surface area contributed by atoms with E-state index in [-0.39, 0.29) is 37.8 Å². The van der Waals surface area contributed by atoms with Gasteiger partial charge in [0.2, 0.25) is 5.91 Å². The molecule has 0 radical (unpaired) electrons. The highest BCUT2D eigenvalue weighted by molar-refractivity contribution is 7.86. The topological polar surface area (TPSA) is 117 Å². The number of ether oxygens (including phenoxy) is 3. The molecule has 2 aromatic carbocycles. The molecule has 0 aromatic heterocycles. The van der Waals surface area contributed by atoms with Crippen LogP contribution in [0.1, 0.15) is 51.3 Å². The second-order valence-corrected chi connectivity index (χ2v) is 11.1. The van der Waals surface area contributed by atoms with E-state index in [1.54, 1.807) is 40.0 Å². The number of carbonyl (C=O) groups is 2. The van der Waals surface area contributed by atoms with Crippen molar-refractivity contribution in [3.8, 4) is 5.75 Å². The first-order chi connectivity index (χ1) is 17.4. The van der Waals surface area contributed by atoms with Crippen LogP contribution in [-0.4, -0.2) is 52.4 Å². The summed E-state index contributed by atoms with van der Waals surface area (Å²) in [5.74, 6) is -0.439. The van der Waals surface area contributed by atoms with Gasteiger partial charge in [0, 0.05) is 18.9 Å². The minimum absolute atomic E-state index is 0.0936. The fourth-order valence-corrected chi connectivity index (χ4v) is 4.53. The lowest BCUT2D eigenvalue weighted by Crippen LogP contribution is -2.43. The number of nitrogens with one attached hydrogen (secondary N) is 1. The molecular formula is C27H37NO8S. The molecule has 0 saturated heterocycles. The van der Waals surface area contributed by atoms with Crippen LogP contribution in [0.15, 0.2) is 54.6 Å². The molecule has 1 N–H and O–H groups in total. The van der Waals surface area contributed by atoms with Gasteiger partial charge in [-0.15, -0.1) is 0 Å². The zero-order valence-electron chi connectivity index (χ0n) is 22.1. The van der Waals surface area contributed by atoms with Crippen LogP contribution < -0.4 is 10.1 Å². The van der Waals surface area contributed by atoms with Gasteiger partial charge in [-0.3, -0.25) is 8.98 Å². The molecule has 0 fully saturated rings. The second kappa shape index (κ2) is 14.1. The molecule has 9 nitrogen and oxygen atoms in total. The Bertz CT molecular complexity index is 1100. The molecule has 0 aliphatic carbocycles. The van der Waals surface area contributed by atoms with Crippen LogP contribution in [0, 0.1) is 5.41 Å². The predicted octanol–water partition coefficient (Wildman–Crippen LogP) is 3.78. The van der Waals surface area contributed by atoms with Crippen LogP contribution in [0.4, 0.5) is 0 Å². The van der Waals surface area contributed by atoms with Gasteiger partial charge in [0.05, 0.1) is 26.1 Å². The summed E-state index contributed by atoms with van der Waals surface area (Å²) in [6.07, 6.45) is -1.44. The molecule has 1 amide bonds. The lowest BCUT2D eigenvalue weighted by molar-refractivity contribution is -0.174. The number of rotatable bonds is 15. The first-order valence-electron chi connectivity index (χ1n) is 12.0. The van der Waals surface area contributed by atoms with Gasteiger partial charge in [0.1, 0.15) is 11.9 Å². The highest BCUT2D eigenvalue weighted by Crippen LogP contribution is 2.29. The number of benzene rings is 2. The molecule has 37 heavy (non-hydrogen) atoms. The minimum atomic E-state index is -3.89. The second-order valence-electron chi connectivity index (χ2n) is 9.38. The van der Waals surface area contributed by atoms with Crippen molar-refractivity contribution in [1.29, 1.82) is 0 Å². The van der Waals surface area contributed by atoms with Gasteiger partial charge in [-0.1, -0.05) is 56.3 Å². The number of esters is 1. The average Bonchev–Trinajstić information content (AvgIpc) is 2.86. The van der Waals surface area contributed by atoms with E-state index < -0.39 is 33.7 Å². The molecule has 2 aromatic rings. The van der Waals surface area contributed by atoms with Crippen LogP contribution in [0.5, 0.6) is 5.75 Å². The summed E-state index contributed by atoms with van der Waals surface area (Å²) in [4.78, 5) is 24.3. The fraction of sp³-hybridized carbons (Fsp3) is 0.481. The van der Waals surface area contributed by atoms with E-state index in [1.807, 2.05) is 42.5 Å². The van der Waals surface area contributed by atoms with Crippen LogP contribution in [0.3, 0.4) is 0 Å². The molecule has 0 heterocycles. The Balaban J connectivity index is 2.12. The Morgan fingerprint density at radius 2 is 1.68 bits per heavy atom. The summed E-state index contributed by atoms with van der Waals surface area (Å²) in [6.45, 7) is 6.51. The highest BCUT2D eigenvalue weighted by Gasteiger charge is 2.40. The minimum Gasteiger partial charge on any atom is -0.497 e. The van der Waals surface area contributed by atoms with Crippen LogP contribution in [0.2, 0.25) is 0 Å². The van der Waals surface area contributed by atoms with Crippen LogP contribution in [0.25, 0.3) is 0 Å². The standard InChI is InChI=1S/C27H37NO8S/c1-20(23-10-7-6-8-11-23)36-26(30)25(34-18-22-12-14-24(33-5)15-13-22)27(3,4)19-35-37(31,32)17-9-16-28-21(2)29/h6-8,10-15,20,25H,9,16-19H2,1-5H3,(H,28,29)/t20-,25+/m1/s1. The molecule has 0 bridgehead atoms. The number of amides is 1. The number of hydrogen-bond acceptors (Lipinski definition) is 8. The maximum atomic E-state index is 13.3. The predicted molar refractivity (Wildman–Crippen MR) is 139 cm³/mol. The first-order valence-corrected chi connectivity index (χ1v) is 13.6. The summed E-state index contributed by atoms with van der Waals surface area (Å²) in [5, 5.41) is 2.55. The molecule has 0 spiro atoms. The Morgan fingerprint density at radius 1 is 1.03 bits per heavy atom. The number of carbonyl (C=O) groups excluding carboxylic acids is 2. The van der Waals surface area contributed by atoms with Gasteiger partial charge >= 0.3 is 5.97 Å². The molecule has 0 saturated carbocycles. The van der Waals surface area contributed by atoms with E-state index in [1.165, 1.54) is 6.92 Å². The maximum Gasteiger partial charge on any atom is 0.336 e. The monoisotopic (exact) mass is 535 g/mol. The number of methoxy groups -OCH3 is 1. The van der Waals surface area contributed by atoms with E-state index in [9.17, 15) is 18.0 Å². The van der Waals surface area contributed by atoms with E-state index in [4.69, 9.17) is 18.4 Å². The fourth-order valence-electron chi connectivity index (χ4n) is 3.43. The molecule has 2 atom stereocenters. The first kappa shape index (κ1) is 30.3. The van der Waals surface area contributed by atoms with Crippen LogP contribution in [-0.2, 0) is 40.0 Å². The third kappa shape index (κ3) is 10.5. The Labute approximate surface area is 219 Å². The summed E-state index contributed by atoms with van der Waals surface area (Å²) < 4.78 is 47.0. The number of hydrogen-bond donors (Lipinski definition) is 1. The van der Waals surface area contributed by atoms with Crippen molar-refractivity contribution in [2.24, 2.45) is 5.41 Å². The Kier molecular flexibility index (Phi) is 11.5. The van der Waals surface area contributed by atoms with Crippen molar-refractivity contribution in [3.63, 3.8) is 0 Å².